The maximum Gasteiger partial charge on any atom is 0.416 e. The smallest absolute Gasteiger partial charge is 0.416 e. The van der Waals surface area contributed by atoms with Gasteiger partial charge >= 0.3 is 12.3 Å². The van der Waals surface area contributed by atoms with E-state index in [0.717, 1.165) is 47.3 Å². The molecule has 38 heavy (non-hydrogen) atoms. The van der Waals surface area contributed by atoms with Gasteiger partial charge in [0.05, 0.1) is 23.3 Å². The Labute approximate surface area is 219 Å². The molecule has 0 atom stereocenters. The van der Waals surface area contributed by atoms with Crippen molar-refractivity contribution in [2.75, 3.05) is 18.4 Å². The second kappa shape index (κ2) is 11.0. The summed E-state index contributed by atoms with van der Waals surface area (Å²) in [5.74, 6) is 0.505. The van der Waals surface area contributed by atoms with Gasteiger partial charge in [0.25, 0.3) is 0 Å². The molecule has 10 heteroatoms. The van der Waals surface area contributed by atoms with Crippen molar-refractivity contribution in [3.05, 3.63) is 60.3 Å². The number of ether oxygens (including phenoxy) is 2. The van der Waals surface area contributed by atoms with E-state index in [-0.39, 0.29) is 17.9 Å². The van der Waals surface area contributed by atoms with Gasteiger partial charge in [0, 0.05) is 30.2 Å². The van der Waals surface area contributed by atoms with Crippen LogP contribution in [0.1, 0.15) is 45.6 Å². The highest BCUT2D eigenvalue weighted by molar-refractivity contribution is 6.03. The van der Waals surface area contributed by atoms with Crippen LogP contribution in [0.3, 0.4) is 0 Å². The highest BCUT2D eigenvalue weighted by Gasteiger charge is 2.38. The molecule has 2 aromatic carbocycles. The Kier molecular flexibility index (Phi) is 7.89. The Bertz CT molecular complexity index is 1260. The average Bonchev–Trinajstić information content (AvgIpc) is 3.16. The number of hydrogen-bond acceptors (Lipinski definition) is 4. The number of fused-ring (bicyclic) bond motifs is 1. The summed E-state index contributed by atoms with van der Waals surface area (Å²) in [5, 5.41) is 3.90. The van der Waals surface area contributed by atoms with Crippen molar-refractivity contribution in [2.24, 2.45) is 5.92 Å². The minimum Gasteiger partial charge on any atom is -0.490 e. The Morgan fingerprint density at radius 1 is 1.03 bits per heavy atom. The van der Waals surface area contributed by atoms with E-state index in [4.69, 9.17) is 9.47 Å². The molecule has 1 saturated carbocycles. The molecule has 3 aromatic rings. The standard InChI is InChI=1S/C21H27N3O4.C7H5F3/c1-21(2,3)28-20(26)24-11-13(12-24)19(25)23-18-10-22-17-8-7-15(9-16(17)18)27-14-5-4-6-14;8-7(9,10)6-4-2-1-3-5-6/h7-10,13-14,22H,4-6,11-12H2,1-3H3,(H,23,25);1-5H. The molecule has 0 spiro atoms. The molecule has 5 rings (SSSR count). The number of nitrogens with zero attached hydrogens (tertiary/aromatic N) is 1. The molecule has 2 amide bonds. The Morgan fingerprint density at radius 3 is 2.26 bits per heavy atom. The molecule has 0 radical (unpaired) electrons. The van der Waals surface area contributed by atoms with Crippen molar-refractivity contribution >= 4 is 28.6 Å². The van der Waals surface area contributed by atoms with Crippen molar-refractivity contribution in [1.29, 1.82) is 0 Å². The van der Waals surface area contributed by atoms with Crippen LogP contribution in [0.25, 0.3) is 10.9 Å². The highest BCUT2D eigenvalue weighted by Crippen LogP contribution is 2.32. The lowest BCUT2D eigenvalue weighted by Crippen LogP contribution is -2.55. The van der Waals surface area contributed by atoms with Crippen LogP contribution < -0.4 is 10.1 Å². The Balaban J connectivity index is 0.000000283. The number of anilines is 1. The second-order valence-corrected chi connectivity index (χ2v) is 10.5. The summed E-state index contributed by atoms with van der Waals surface area (Å²) < 4.78 is 46.7. The minimum atomic E-state index is -4.21. The fourth-order valence-corrected chi connectivity index (χ4v) is 3.94. The van der Waals surface area contributed by atoms with Gasteiger partial charge in [0.1, 0.15) is 11.4 Å². The van der Waals surface area contributed by atoms with Crippen LogP contribution in [0.4, 0.5) is 23.7 Å². The number of aromatic amines is 1. The van der Waals surface area contributed by atoms with Crippen molar-refractivity contribution in [3.8, 4) is 5.75 Å². The fraction of sp³-hybridized carbons (Fsp3) is 0.429. The minimum absolute atomic E-state index is 0.0916. The summed E-state index contributed by atoms with van der Waals surface area (Å²) in [5.41, 5.74) is 0.540. The van der Waals surface area contributed by atoms with E-state index in [2.05, 4.69) is 10.3 Å². The molecule has 1 aromatic heterocycles. The number of hydrogen-bond donors (Lipinski definition) is 2. The molecule has 2 N–H and O–H groups in total. The van der Waals surface area contributed by atoms with E-state index < -0.39 is 17.3 Å². The van der Waals surface area contributed by atoms with E-state index in [1.54, 1.807) is 17.2 Å². The largest absolute Gasteiger partial charge is 0.490 e. The van der Waals surface area contributed by atoms with E-state index >= 15 is 0 Å². The summed E-state index contributed by atoms with van der Waals surface area (Å²) in [6.07, 6.45) is 0.945. The van der Waals surface area contributed by atoms with Crippen molar-refractivity contribution in [1.82, 2.24) is 9.88 Å². The molecule has 2 heterocycles. The first-order chi connectivity index (χ1) is 17.9. The molecule has 1 aliphatic carbocycles. The molecule has 7 nitrogen and oxygen atoms in total. The quantitative estimate of drug-likeness (QED) is 0.397. The lowest BCUT2D eigenvalue weighted by molar-refractivity contribution is -0.137. The van der Waals surface area contributed by atoms with Crippen molar-refractivity contribution in [3.63, 3.8) is 0 Å². The third-order valence-electron chi connectivity index (χ3n) is 6.27. The zero-order valence-corrected chi connectivity index (χ0v) is 21.6. The molecular formula is C28H32F3N3O4. The number of aromatic nitrogens is 1. The molecular weight excluding hydrogens is 499 g/mol. The van der Waals surface area contributed by atoms with Crippen LogP contribution in [0, 0.1) is 5.92 Å². The van der Waals surface area contributed by atoms with Gasteiger partial charge in [-0.3, -0.25) is 4.79 Å². The van der Waals surface area contributed by atoms with E-state index in [9.17, 15) is 22.8 Å². The van der Waals surface area contributed by atoms with Gasteiger partial charge in [-0.2, -0.15) is 13.2 Å². The highest BCUT2D eigenvalue weighted by atomic mass is 19.4. The molecule has 2 fully saturated rings. The van der Waals surface area contributed by atoms with Gasteiger partial charge in [-0.1, -0.05) is 30.3 Å². The molecule has 0 unspecified atom stereocenters. The number of likely N-dealkylation sites (tertiary alicyclic amines) is 1. The van der Waals surface area contributed by atoms with E-state index in [1.807, 2.05) is 39.0 Å². The van der Waals surface area contributed by atoms with Crippen LogP contribution in [0.5, 0.6) is 5.75 Å². The normalized spacial score (nSPS) is 16.1. The SMILES string of the molecule is CC(C)(C)OC(=O)N1CC(C(=O)Nc2c[nH]c3ccc(OC4CCC4)cc23)C1.FC(F)(F)c1ccccc1. The fourth-order valence-electron chi connectivity index (χ4n) is 3.94. The third-order valence-corrected chi connectivity index (χ3v) is 6.27. The van der Waals surface area contributed by atoms with Gasteiger partial charge in [-0.05, 0) is 58.2 Å². The van der Waals surface area contributed by atoms with Crippen LogP contribution in [-0.2, 0) is 15.7 Å². The van der Waals surface area contributed by atoms with Gasteiger partial charge < -0.3 is 24.7 Å². The number of H-pyrrole nitrogens is 1. The first-order valence-electron chi connectivity index (χ1n) is 12.6. The number of halogens is 3. The van der Waals surface area contributed by atoms with Gasteiger partial charge in [-0.25, -0.2) is 4.79 Å². The van der Waals surface area contributed by atoms with Gasteiger partial charge in [0.2, 0.25) is 5.91 Å². The number of rotatable bonds is 4. The van der Waals surface area contributed by atoms with E-state index in [1.165, 1.54) is 18.6 Å². The predicted molar refractivity (Wildman–Crippen MR) is 138 cm³/mol. The van der Waals surface area contributed by atoms with Crippen LogP contribution in [0.2, 0.25) is 0 Å². The lowest BCUT2D eigenvalue weighted by atomic mass is 9.96. The summed E-state index contributed by atoms with van der Waals surface area (Å²) in [4.78, 5) is 29.3. The first kappa shape index (κ1) is 27.3. The van der Waals surface area contributed by atoms with Gasteiger partial charge in [0.15, 0.2) is 0 Å². The summed E-state index contributed by atoms with van der Waals surface area (Å²) >= 11 is 0. The lowest BCUT2D eigenvalue weighted by Gasteiger charge is -2.38. The molecule has 1 aliphatic heterocycles. The summed E-state index contributed by atoms with van der Waals surface area (Å²) in [6.45, 7) is 6.23. The molecule has 1 saturated heterocycles. The maximum absolute atomic E-state index is 12.6. The number of carbonyl (C=O) groups excluding carboxylic acids is 2. The predicted octanol–water partition coefficient (Wildman–Crippen LogP) is 6.61. The van der Waals surface area contributed by atoms with Gasteiger partial charge in [-0.15, -0.1) is 0 Å². The number of amides is 2. The van der Waals surface area contributed by atoms with Crippen LogP contribution in [0.15, 0.2) is 54.7 Å². The van der Waals surface area contributed by atoms with Crippen molar-refractivity contribution in [2.45, 2.75) is 57.9 Å². The first-order valence-corrected chi connectivity index (χ1v) is 12.6. The monoisotopic (exact) mass is 531 g/mol. The maximum atomic E-state index is 12.6. The number of alkyl halides is 3. The average molecular weight is 532 g/mol. The number of carbonyl (C=O) groups is 2. The van der Waals surface area contributed by atoms with Crippen molar-refractivity contribution < 1.29 is 32.2 Å². The third kappa shape index (κ3) is 6.99. The Hall–Kier alpha value is -3.69. The topological polar surface area (TPSA) is 83.7 Å². The van der Waals surface area contributed by atoms with Crippen LogP contribution >= 0.6 is 0 Å². The Morgan fingerprint density at radius 2 is 1.71 bits per heavy atom. The van der Waals surface area contributed by atoms with Crippen LogP contribution in [-0.4, -0.2) is 46.7 Å². The molecule has 0 bridgehead atoms. The number of benzene rings is 2. The van der Waals surface area contributed by atoms with E-state index in [0.29, 0.717) is 19.2 Å². The zero-order chi connectivity index (χ0) is 27.5. The second-order valence-electron chi connectivity index (χ2n) is 10.5. The molecule has 204 valence electrons. The molecule has 2 aliphatic rings. The zero-order valence-electron chi connectivity index (χ0n) is 21.6. The summed E-state index contributed by atoms with van der Waals surface area (Å²) in [6, 6.07) is 12.2. The summed E-state index contributed by atoms with van der Waals surface area (Å²) in [7, 11) is 0. The number of nitrogens with one attached hydrogen (secondary N) is 2.